The number of primary amides is 1. The van der Waals surface area contributed by atoms with Crippen LogP contribution in [0.15, 0.2) is 65.6 Å². The number of halogens is 3. The molecule has 0 heterocycles. The lowest BCUT2D eigenvalue weighted by atomic mass is 10.1. The van der Waals surface area contributed by atoms with Gasteiger partial charge in [-0.2, -0.15) is 0 Å². The van der Waals surface area contributed by atoms with Crippen LogP contribution < -0.4 is 16.4 Å². The first-order valence-corrected chi connectivity index (χ1v) is 13.0. The highest BCUT2D eigenvalue weighted by molar-refractivity contribution is 7.91. The number of hydrogen-bond donors (Lipinski definition) is 3. The summed E-state index contributed by atoms with van der Waals surface area (Å²) >= 11 is 5.91. The van der Waals surface area contributed by atoms with E-state index in [0.717, 1.165) is 6.07 Å². The van der Waals surface area contributed by atoms with Crippen LogP contribution in [0.1, 0.15) is 47.6 Å². The largest absolute Gasteiger partial charge is 0.369 e. The Balaban J connectivity index is 2.12. The molecule has 0 fully saturated rings. The van der Waals surface area contributed by atoms with Crippen molar-refractivity contribution in [3.05, 3.63) is 94.0 Å². The van der Waals surface area contributed by atoms with E-state index < -0.39 is 44.7 Å². The van der Waals surface area contributed by atoms with Crippen LogP contribution in [0.25, 0.3) is 0 Å². The second-order valence-corrected chi connectivity index (χ2v) is 11.9. The number of carbonyl (C=O) groups excluding carboxylic acids is 2. The van der Waals surface area contributed by atoms with Gasteiger partial charge >= 0.3 is 0 Å². The van der Waals surface area contributed by atoms with Crippen LogP contribution in [0, 0.1) is 11.6 Å². The maximum absolute atomic E-state index is 14.6. The lowest BCUT2D eigenvalue weighted by Gasteiger charge is -2.24. The number of carbonyl (C=O) groups is 2. The lowest BCUT2D eigenvalue weighted by molar-refractivity contribution is -0.117. The van der Waals surface area contributed by atoms with E-state index in [1.165, 1.54) is 48.5 Å². The Morgan fingerprint density at radius 2 is 1.59 bits per heavy atom. The van der Waals surface area contributed by atoms with E-state index in [1.54, 1.807) is 0 Å². The Kier molecular flexibility index (Phi) is 8.24. The summed E-state index contributed by atoms with van der Waals surface area (Å²) in [7, 11) is -4.23. The van der Waals surface area contributed by atoms with Crippen molar-refractivity contribution >= 4 is 38.9 Å². The first-order chi connectivity index (χ1) is 17.2. The molecule has 1 atom stereocenters. The highest BCUT2D eigenvalue weighted by Gasteiger charge is 2.31. The molecule has 0 aliphatic rings. The maximum Gasteiger partial charge on any atom is 0.251 e. The number of benzene rings is 3. The summed E-state index contributed by atoms with van der Waals surface area (Å²) in [6.45, 7) is 5.46. The number of nitrogens with one attached hydrogen (secondary N) is 2. The zero-order chi connectivity index (χ0) is 27.5. The van der Waals surface area contributed by atoms with Gasteiger partial charge in [-0.1, -0.05) is 23.7 Å². The van der Waals surface area contributed by atoms with Crippen molar-refractivity contribution in [1.82, 2.24) is 5.32 Å². The molecular weight excluding hydrogens is 524 g/mol. The highest BCUT2D eigenvalue weighted by Crippen LogP contribution is 2.33. The molecule has 0 saturated heterocycles. The molecule has 0 spiro atoms. The molecule has 0 aliphatic carbocycles. The Hall–Kier alpha value is -3.50. The number of hydrogen-bond acceptors (Lipinski definition) is 5. The Morgan fingerprint density at radius 3 is 2.14 bits per heavy atom. The average molecular weight is 550 g/mol. The fourth-order valence-electron chi connectivity index (χ4n) is 3.55. The fourth-order valence-corrected chi connectivity index (χ4v) is 5.26. The minimum Gasteiger partial charge on any atom is -0.369 e. The van der Waals surface area contributed by atoms with E-state index >= 15 is 0 Å². The Labute approximate surface area is 218 Å². The standard InChI is InChI=1S/C26H26ClF2N3O4S/c1-26(2,3)32-24(34)15-4-6-16(7-5-15)25(37(35,36)19-10-8-17(27)9-11-19)31-22-13-18(28)12-21(29)20(22)14-23(30)33/h4-13,25,31H,14H2,1-3H3,(H2,30,33)(H,32,34). The maximum atomic E-state index is 14.6. The summed E-state index contributed by atoms with van der Waals surface area (Å²) in [5, 5.41) is 4.25. The van der Waals surface area contributed by atoms with E-state index in [4.69, 9.17) is 17.3 Å². The van der Waals surface area contributed by atoms with Crippen molar-refractivity contribution in [1.29, 1.82) is 0 Å². The van der Waals surface area contributed by atoms with Crippen molar-refractivity contribution in [3.63, 3.8) is 0 Å². The van der Waals surface area contributed by atoms with Gasteiger partial charge < -0.3 is 16.4 Å². The minimum atomic E-state index is -4.23. The third-order valence-electron chi connectivity index (χ3n) is 5.21. The predicted molar refractivity (Wildman–Crippen MR) is 138 cm³/mol. The van der Waals surface area contributed by atoms with Gasteiger partial charge in [0.15, 0.2) is 5.37 Å². The summed E-state index contributed by atoms with van der Waals surface area (Å²) in [6, 6.07) is 12.6. The molecule has 196 valence electrons. The molecule has 3 aromatic rings. The SMILES string of the molecule is CC(C)(C)NC(=O)c1ccc(C(Nc2cc(F)cc(F)c2CC(N)=O)S(=O)(=O)c2ccc(Cl)cc2)cc1. The summed E-state index contributed by atoms with van der Waals surface area (Å²) < 4.78 is 56.1. The van der Waals surface area contributed by atoms with E-state index in [0.29, 0.717) is 11.1 Å². The van der Waals surface area contributed by atoms with E-state index in [2.05, 4.69) is 10.6 Å². The van der Waals surface area contributed by atoms with Crippen LogP contribution in [0.4, 0.5) is 14.5 Å². The molecule has 0 saturated carbocycles. The summed E-state index contributed by atoms with van der Waals surface area (Å²) in [4.78, 5) is 23.9. The summed E-state index contributed by atoms with van der Waals surface area (Å²) in [5.74, 6) is -3.29. The Bertz CT molecular complexity index is 1420. The number of nitrogens with two attached hydrogens (primary N) is 1. The molecular formula is C26H26ClF2N3O4S. The number of rotatable bonds is 8. The molecule has 3 rings (SSSR count). The van der Waals surface area contributed by atoms with Gasteiger partial charge in [0.2, 0.25) is 15.7 Å². The molecule has 7 nitrogen and oxygen atoms in total. The molecule has 0 radical (unpaired) electrons. The van der Waals surface area contributed by atoms with Gasteiger partial charge in [0.05, 0.1) is 11.3 Å². The zero-order valence-electron chi connectivity index (χ0n) is 20.3. The van der Waals surface area contributed by atoms with Crippen LogP contribution in [-0.4, -0.2) is 25.8 Å². The van der Waals surface area contributed by atoms with E-state index in [1.807, 2.05) is 20.8 Å². The molecule has 0 bridgehead atoms. The molecule has 1 unspecified atom stereocenters. The van der Waals surface area contributed by atoms with E-state index in [9.17, 15) is 26.8 Å². The molecule has 37 heavy (non-hydrogen) atoms. The van der Waals surface area contributed by atoms with Gasteiger partial charge in [-0.25, -0.2) is 17.2 Å². The lowest BCUT2D eigenvalue weighted by Crippen LogP contribution is -2.40. The minimum absolute atomic E-state index is 0.114. The molecule has 2 amide bonds. The normalized spacial score (nSPS) is 12.6. The number of sulfone groups is 1. The highest BCUT2D eigenvalue weighted by atomic mass is 35.5. The van der Waals surface area contributed by atoms with Gasteiger partial charge in [-0.3, -0.25) is 9.59 Å². The molecule has 0 aromatic heterocycles. The van der Waals surface area contributed by atoms with Crippen LogP contribution in [0.3, 0.4) is 0 Å². The third-order valence-corrected chi connectivity index (χ3v) is 7.41. The first kappa shape index (κ1) is 28.1. The molecule has 11 heteroatoms. The van der Waals surface area contributed by atoms with Gasteiger partial charge in [0.25, 0.3) is 5.91 Å². The van der Waals surface area contributed by atoms with Crippen LogP contribution in [0.5, 0.6) is 0 Å². The predicted octanol–water partition coefficient (Wildman–Crippen LogP) is 4.76. The van der Waals surface area contributed by atoms with Gasteiger partial charge in [-0.05, 0) is 68.8 Å². The smallest absolute Gasteiger partial charge is 0.251 e. The monoisotopic (exact) mass is 549 g/mol. The van der Waals surface area contributed by atoms with Gasteiger partial charge in [0, 0.05) is 33.4 Å². The van der Waals surface area contributed by atoms with Crippen molar-refractivity contribution in [2.45, 2.75) is 43.0 Å². The fraction of sp³-hybridized carbons (Fsp3) is 0.231. The van der Waals surface area contributed by atoms with Gasteiger partial charge in [0.1, 0.15) is 11.6 Å². The quantitative estimate of drug-likeness (QED) is 0.374. The first-order valence-electron chi connectivity index (χ1n) is 11.1. The number of anilines is 1. The van der Waals surface area contributed by atoms with Crippen molar-refractivity contribution < 1.29 is 26.8 Å². The van der Waals surface area contributed by atoms with Crippen molar-refractivity contribution in [2.24, 2.45) is 5.73 Å². The molecule has 0 aliphatic heterocycles. The second-order valence-electron chi connectivity index (χ2n) is 9.41. The Morgan fingerprint density at radius 1 is 1.00 bits per heavy atom. The van der Waals surface area contributed by atoms with Gasteiger partial charge in [-0.15, -0.1) is 0 Å². The van der Waals surface area contributed by atoms with Crippen LogP contribution in [0.2, 0.25) is 5.02 Å². The third kappa shape index (κ3) is 7.05. The average Bonchev–Trinajstić information content (AvgIpc) is 2.78. The zero-order valence-corrected chi connectivity index (χ0v) is 21.9. The second kappa shape index (κ2) is 10.9. The van der Waals surface area contributed by atoms with Crippen molar-refractivity contribution in [2.75, 3.05) is 5.32 Å². The van der Waals surface area contributed by atoms with Crippen LogP contribution in [-0.2, 0) is 21.1 Å². The van der Waals surface area contributed by atoms with Crippen molar-refractivity contribution in [3.8, 4) is 0 Å². The molecule has 3 aromatic carbocycles. The topological polar surface area (TPSA) is 118 Å². The van der Waals surface area contributed by atoms with Crippen LogP contribution >= 0.6 is 11.6 Å². The summed E-state index contributed by atoms with van der Waals surface area (Å²) in [5.41, 5.74) is 4.66. The van der Waals surface area contributed by atoms with E-state index in [-0.39, 0.29) is 33.2 Å². The molecule has 4 N–H and O–H groups in total. The summed E-state index contributed by atoms with van der Waals surface area (Å²) in [6.07, 6.45) is -0.589. The number of amides is 2.